The van der Waals surface area contributed by atoms with E-state index in [9.17, 15) is 4.79 Å². The normalized spacial score (nSPS) is 10.2. The van der Waals surface area contributed by atoms with Gasteiger partial charge in [-0.05, 0) is 18.2 Å². The molecule has 0 aliphatic heterocycles. The number of hydrogen-bond donors (Lipinski definition) is 2. The molecule has 2 N–H and O–H groups in total. The van der Waals surface area contributed by atoms with Crippen molar-refractivity contribution in [3.8, 4) is 0 Å². The van der Waals surface area contributed by atoms with Crippen LogP contribution in [0.5, 0.6) is 0 Å². The van der Waals surface area contributed by atoms with Crippen LogP contribution in [0.4, 0.5) is 17.2 Å². The molecule has 104 valence electrons. The topological polar surface area (TPSA) is 65.5 Å². The molecule has 0 spiro atoms. The Hall–Kier alpha value is -2.27. The van der Waals surface area contributed by atoms with Crippen LogP contribution in [0.1, 0.15) is 10.4 Å². The average Bonchev–Trinajstić information content (AvgIpc) is 2.41. The van der Waals surface area contributed by atoms with E-state index in [0.29, 0.717) is 5.82 Å². The number of carboxylic acids is 1. The Labute approximate surface area is 121 Å². The number of hydrogen-bond acceptors (Lipinski definition) is 4. The molecule has 2 rings (SSSR count). The minimum absolute atomic E-state index is 0.0569. The number of pyridine rings is 1. The number of carbonyl (C=O) groups is 1. The van der Waals surface area contributed by atoms with Gasteiger partial charge in [0.15, 0.2) is 0 Å². The van der Waals surface area contributed by atoms with E-state index in [1.54, 1.807) is 0 Å². The second-order valence-corrected chi connectivity index (χ2v) is 4.80. The van der Waals surface area contributed by atoms with Crippen molar-refractivity contribution in [2.45, 2.75) is 0 Å². The molecule has 0 amide bonds. The van der Waals surface area contributed by atoms with E-state index < -0.39 is 5.97 Å². The highest BCUT2D eigenvalue weighted by atomic mass is 35.5. The maximum Gasteiger partial charge on any atom is 0.337 e. The molecule has 1 aromatic carbocycles. The van der Waals surface area contributed by atoms with Crippen LogP contribution in [0.2, 0.25) is 5.02 Å². The van der Waals surface area contributed by atoms with Crippen molar-refractivity contribution >= 4 is 34.8 Å². The van der Waals surface area contributed by atoms with Crippen molar-refractivity contribution in [2.24, 2.45) is 0 Å². The van der Waals surface area contributed by atoms with Gasteiger partial charge in [0, 0.05) is 20.3 Å². The Morgan fingerprint density at radius 2 is 2.05 bits per heavy atom. The summed E-state index contributed by atoms with van der Waals surface area (Å²) in [4.78, 5) is 16.9. The fourth-order valence-electron chi connectivity index (χ4n) is 1.74. The highest BCUT2D eigenvalue weighted by Gasteiger charge is 2.10. The number of aromatic carboxylic acids is 1. The minimum Gasteiger partial charge on any atom is -0.478 e. The Kier molecular flexibility index (Phi) is 4.10. The van der Waals surface area contributed by atoms with Gasteiger partial charge >= 0.3 is 5.97 Å². The van der Waals surface area contributed by atoms with Crippen molar-refractivity contribution in [3.05, 3.63) is 47.1 Å². The van der Waals surface area contributed by atoms with Crippen LogP contribution in [-0.2, 0) is 0 Å². The molecule has 20 heavy (non-hydrogen) atoms. The number of carboxylic acid groups (broad SMARTS) is 1. The molecule has 0 unspecified atom stereocenters. The van der Waals surface area contributed by atoms with Gasteiger partial charge in [-0.25, -0.2) is 9.78 Å². The molecule has 0 radical (unpaired) electrons. The van der Waals surface area contributed by atoms with Gasteiger partial charge in [0.25, 0.3) is 0 Å². The smallest absolute Gasteiger partial charge is 0.337 e. The molecule has 0 aliphatic rings. The lowest BCUT2D eigenvalue weighted by Crippen LogP contribution is -2.11. The zero-order valence-corrected chi connectivity index (χ0v) is 11.8. The molecule has 0 saturated carbocycles. The third-order valence-electron chi connectivity index (χ3n) is 2.73. The zero-order chi connectivity index (χ0) is 14.7. The molecule has 1 heterocycles. The van der Waals surface area contributed by atoms with E-state index >= 15 is 0 Å². The van der Waals surface area contributed by atoms with Crippen LogP contribution in [0.3, 0.4) is 0 Å². The lowest BCUT2D eigenvalue weighted by molar-refractivity contribution is 0.0696. The molecule has 1 aromatic heterocycles. The lowest BCUT2D eigenvalue weighted by atomic mass is 10.2. The van der Waals surface area contributed by atoms with Crippen molar-refractivity contribution in [1.82, 2.24) is 4.98 Å². The van der Waals surface area contributed by atoms with Gasteiger partial charge < -0.3 is 15.3 Å². The molecular weight excluding hydrogens is 278 g/mol. The number of benzene rings is 1. The molecule has 5 nitrogen and oxygen atoms in total. The van der Waals surface area contributed by atoms with E-state index in [4.69, 9.17) is 16.7 Å². The fourth-order valence-corrected chi connectivity index (χ4v) is 1.96. The van der Waals surface area contributed by atoms with Gasteiger partial charge in [-0.2, -0.15) is 0 Å². The third-order valence-corrected chi connectivity index (χ3v) is 3.02. The number of anilines is 3. The number of para-hydroxylation sites is 2. The predicted molar refractivity (Wildman–Crippen MR) is 80.3 cm³/mol. The van der Waals surface area contributed by atoms with Crippen molar-refractivity contribution < 1.29 is 9.90 Å². The molecule has 0 fully saturated rings. The summed E-state index contributed by atoms with van der Waals surface area (Å²) in [6, 6.07) is 9.07. The Balaban J connectivity index is 2.33. The van der Waals surface area contributed by atoms with Crippen LogP contribution >= 0.6 is 11.6 Å². The fraction of sp³-hybridized carbons (Fsp3) is 0.143. The van der Waals surface area contributed by atoms with Crippen molar-refractivity contribution in [2.75, 3.05) is 24.3 Å². The Morgan fingerprint density at radius 3 is 2.65 bits per heavy atom. The van der Waals surface area contributed by atoms with E-state index in [1.165, 1.54) is 12.3 Å². The van der Waals surface area contributed by atoms with Crippen LogP contribution < -0.4 is 10.2 Å². The molecule has 0 saturated heterocycles. The van der Waals surface area contributed by atoms with Crippen molar-refractivity contribution in [3.63, 3.8) is 0 Å². The maximum atomic E-state index is 10.8. The summed E-state index contributed by atoms with van der Waals surface area (Å²) in [7, 11) is 3.87. The summed E-state index contributed by atoms with van der Waals surface area (Å²) in [5, 5.41) is 12.3. The maximum absolute atomic E-state index is 10.8. The average molecular weight is 292 g/mol. The van der Waals surface area contributed by atoms with Crippen LogP contribution in [0.15, 0.2) is 36.5 Å². The molecule has 0 atom stereocenters. The molecular formula is C14H14ClN3O2. The second kappa shape index (κ2) is 5.79. The van der Waals surface area contributed by atoms with Gasteiger partial charge in [-0.3, -0.25) is 0 Å². The van der Waals surface area contributed by atoms with E-state index in [-0.39, 0.29) is 10.6 Å². The number of nitrogens with one attached hydrogen (secondary N) is 1. The number of aromatic nitrogens is 1. The standard InChI is InChI=1S/C14H14ClN3O2/c1-18(2)12-6-4-3-5-11(12)17-13-10(15)7-9(8-16-13)14(19)20/h3-8H,1-2H3,(H,16,17)(H,19,20). The van der Waals surface area contributed by atoms with Gasteiger partial charge in [-0.15, -0.1) is 0 Å². The van der Waals surface area contributed by atoms with E-state index in [1.807, 2.05) is 43.3 Å². The highest BCUT2D eigenvalue weighted by molar-refractivity contribution is 6.33. The van der Waals surface area contributed by atoms with E-state index in [0.717, 1.165) is 11.4 Å². The SMILES string of the molecule is CN(C)c1ccccc1Nc1ncc(C(=O)O)cc1Cl. The molecule has 2 aromatic rings. The first-order valence-corrected chi connectivity index (χ1v) is 6.29. The van der Waals surface area contributed by atoms with Crippen LogP contribution in [-0.4, -0.2) is 30.2 Å². The first-order chi connectivity index (χ1) is 9.49. The number of rotatable bonds is 4. The highest BCUT2D eigenvalue weighted by Crippen LogP contribution is 2.29. The van der Waals surface area contributed by atoms with Crippen LogP contribution in [0.25, 0.3) is 0 Å². The van der Waals surface area contributed by atoms with E-state index in [2.05, 4.69) is 10.3 Å². The summed E-state index contributed by atoms with van der Waals surface area (Å²) >= 11 is 6.05. The summed E-state index contributed by atoms with van der Waals surface area (Å²) in [6.07, 6.45) is 1.27. The summed E-state index contributed by atoms with van der Waals surface area (Å²) in [6.45, 7) is 0. The summed E-state index contributed by atoms with van der Waals surface area (Å²) in [5.41, 5.74) is 1.88. The molecule has 0 aliphatic carbocycles. The first kappa shape index (κ1) is 14.1. The Morgan fingerprint density at radius 1 is 1.35 bits per heavy atom. The van der Waals surface area contributed by atoms with Crippen LogP contribution in [0, 0.1) is 0 Å². The molecule has 6 heteroatoms. The largest absolute Gasteiger partial charge is 0.478 e. The molecule has 0 bridgehead atoms. The summed E-state index contributed by atoms with van der Waals surface area (Å²) < 4.78 is 0. The zero-order valence-electron chi connectivity index (χ0n) is 11.1. The minimum atomic E-state index is -1.06. The second-order valence-electron chi connectivity index (χ2n) is 4.40. The predicted octanol–water partition coefficient (Wildman–Crippen LogP) is 3.24. The number of halogens is 1. The number of nitrogens with zero attached hydrogens (tertiary/aromatic N) is 2. The quantitative estimate of drug-likeness (QED) is 0.905. The van der Waals surface area contributed by atoms with Gasteiger partial charge in [0.1, 0.15) is 5.82 Å². The lowest BCUT2D eigenvalue weighted by Gasteiger charge is -2.18. The van der Waals surface area contributed by atoms with Gasteiger partial charge in [0.05, 0.1) is 22.0 Å². The Bertz CT molecular complexity index is 644. The summed E-state index contributed by atoms with van der Waals surface area (Å²) in [5.74, 6) is -0.634. The van der Waals surface area contributed by atoms with Gasteiger partial charge in [-0.1, -0.05) is 23.7 Å². The van der Waals surface area contributed by atoms with Crippen molar-refractivity contribution in [1.29, 1.82) is 0 Å². The third kappa shape index (κ3) is 3.00. The monoisotopic (exact) mass is 291 g/mol. The van der Waals surface area contributed by atoms with Gasteiger partial charge in [0.2, 0.25) is 0 Å². The first-order valence-electron chi connectivity index (χ1n) is 5.91.